The van der Waals surface area contributed by atoms with E-state index in [1.807, 2.05) is 23.1 Å². The van der Waals surface area contributed by atoms with E-state index in [9.17, 15) is 9.90 Å². The molecule has 1 aliphatic heterocycles. The molecule has 3 rings (SSSR count). The second-order valence-electron chi connectivity index (χ2n) is 7.01. The molecule has 1 aliphatic carbocycles. The van der Waals surface area contributed by atoms with Gasteiger partial charge in [-0.3, -0.25) is 0 Å². The molecule has 1 aromatic rings. The van der Waals surface area contributed by atoms with Crippen LogP contribution in [0.5, 0.6) is 0 Å². The SMILES string of the molecule is C[C@H](O)[C@H]1CCN(C(=O)NCC2(c3ccccc3Cl)CCC2)C1. The molecule has 2 aliphatic rings. The second kappa shape index (κ2) is 6.70. The second-order valence-corrected chi connectivity index (χ2v) is 7.42. The minimum absolute atomic E-state index is 0.0165. The van der Waals surface area contributed by atoms with E-state index in [-0.39, 0.29) is 23.5 Å². The van der Waals surface area contributed by atoms with E-state index in [1.54, 1.807) is 6.92 Å². The first-order valence-corrected chi connectivity index (χ1v) is 8.85. The first-order chi connectivity index (χ1) is 11.0. The predicted octanol–water partition coefficient (Wildman–Crippen LogP) is 3.17. The zero-order valence-electron chi connectivity index (χ0n) is 13.6. The van der Waals surface area contributed by atoms with E-state index in [0.717, 1.165) is 36.4 Å². The van der Waals surface area contributed by atoms with E-state index in [1.165, 1.54) is 6.42 Å². The molecule has 0 bridgehead atoms. The molecule has 0 spiro atoms. The monoisotopic (exact) mass is 336 g/mol. The van der Waals surface area contributed by atoms with Crippen molar-refractivity contribution in [1.29, 1.82) is 0 Å². The van der Waals surface area contributed by atoms with Gasteiger partial charge < -0.3 is 15.3 Å². The molecule has 1 aromatic carbocycles. The molecule has 1 heterocycles. The maximum atomic E-state index is 12.4. The Kier molecular flexibility index (Phi) is 4.83. The van der Waals surface area contributed by atoms with E-state index in [2.05, 4.69) is 11.4 Å². The van der Waals surface area contributed by atoms with Crippen LogP contribution in [0, 0.1) is 5.92 Å². The molecular formula is C18H25ClN2O2. The van der Waals surface area contributed by atoms with Crippen molar-refractivity contribution in [2.24, 2.45) is 5.92 Å². The molecule has 1 saturated carbocycles. The predicted molar refractivity (Wildman–Crippen MR) is 91.7 cm³/mol. The van der Waals surface area contributed by atoms with Crippen molar-refractivity contribution in [2.45, 2.75) is 44.1 Å². The average Bonchev–Trinajstić information content (AvgIpc) is 2.97. The maximum Gasteiger partial charge on any atom is 0.317 e. The zero-order valence-corrected chi connectivity index (χ0v) is 14.4. The van der Waals surface area contributed by atoms with Gasteiger partial charge in [-0.25, -0.2) is 4.79 Å². The third-order valence-corrected chi connectivity index (χ3v) is 5.86. The molecule has 0 radical (unpaired) electrons. The molecule has 2 atom stereocenters. The van der Waals surface area contributed by atoms with Gasteiger partial charge in [-0.05, 0) is 37.8 Å². The smallest absolute Gasteiger partial charge is 0.317 e. The molecule has 126 valence electrons. The summed E-state index contributed by atoms with van der Waals surface area (Å²) in [5.74, 6) is 0.196. The number of aliphatic hydroxyl groups excluding tert-OH is 1. The van der Waals surface area contributed by atoms with E-state index >= 15 is 0 Å². The van der Waals surface area contributed by atoms with E-state index < -0.39 is 0 Å². The number of nitrogens with one attached hydrogen (secondary N) is 1. The third-order valence-electron chi connectivity index (χ3n) is 5.53. The van der Waals surface area contributed by atoms with Crippen LogP contribution in [-0.2, 0) is 5.41 Å². The number of likely N-dealkylation sites (tertiary alicyclic amines) is 1. The standard InChI is InChI=1S/C18H25ClN2O2/c1-13(22)14-7-10-21(11-14)17(23)20-12-18(8-4-9-18)15-5-2-3-6-16(15)19/h2-3,5-6,13-14,22H,4,7-12H2,1H3,(H,20,23)/t13-,14-/m0/s1. The Balaban J connectivity index is 1.61. The summed E-state index contributed by atoms with van der Waals surface area (Å²) in [6, 6.07) is 7.93. The van der Waals surface area contributed by atoms with Gasteiger partial charge in [0.05, 0.1) is 6.10 Å². The Labute approximate surface area is 142 Å². The van der Waals surface area contributed by atoms with Gasteiger partial charge in [0.2, 0.25) is 0 Å². The van der Waals surface area contributed by atoms with Gasteiger partial charge in [0, 0.05) is 36.0 Å². The van der Waals surface area contributed by atoms with Gasteiger partial charge in [0.1, 0.15) is 0 Å². The number of aliphatic hydroxyl groups is 1. The molecule has 1 saturated heterocycles. The molecule has 2 amide bonds. The van der Waals surface area contributed by atoms with Crippen LogP contribution in [0.4, 0.5) is 4.79 Å². The number of nitrogens with zero attached hydrogens (tertiary/aromatic N) is 1. The number of hydrogen-bond acceptors (Lipinski definition) is 2. The first kappa shape index (κ1) is 16.6. The van der Waals surface area contributed by atoms with Gasteiger partial charge >= 0.3 is 6.03 Å². The lowest BCUT2D eigenvalue weighted by Gasteiger charge is -2.43. The normalized spacial score (nSPS) is 24.1. The van der Waals surface area contributed by atoms with Crippen LogP contribution in [0.25, 0.3) is 0 Å². The summed E-state index contributed by atoms with van der Waals surface area (Å²) in [7, 11) is 0. The lowest BCUT2D eigenvalue weighted by atomic mass is 9.64. The lowest BCUT2D eigenvalue weighted by Crippen LogP contribution is -2.49. The summed E-state index contributed by atoms with van der Waals surface area (Å²) < 4.78 is 0. The molecule has 2 fully saturated rings. The fourth-order valence-electron chi connectivity index (χ4n) is 3.76. The molecule has 5 heteroatoms. The Morgan fingerprint density at radius 3 is 2.78 bits per heavy atom. The molecule has 4 nitrogen and oxygen atoms in total. The van der Waals surface area contributed by atoms with Crippen LogP contribution in [-0.4, -0.2) is 41.8 Å². The Hall–Kier alpha value is -1.26. The number of halogens is 1. The third kappa shape index (κ3) is 3.33. The van der Waals surface area contributed by atoms with Crippen LogP contribution in [0.15, 0.2) is 24.3 Å². The Morgan fingerprint density at radius 2 is 2.22 bits per heavy atom. The van der Waals surface area contributed by atoms with Crippen molar-refractivity contribution in [2.75, 3.05) is 19.6 Å². The summed E-state index contributed by atoms with van der Waals surface area (Å²) in [5, 5.41) is 13.6. The number of hydrogen-bond donors (Lipinski definition) is 2. The Bertz CT molecular complexity index is 572. The van der Waals surface area contributed by atoms with Crippen molar-refractivity contribution < 1.29 is 9.90 Å². The van der Waals surface area contributed by atoms with Gasteiger partial charge in [-0.2, -0.15) is 0 Å². The molecular weight excluding hydrogens is 312 g/mol. The number of carbonyl (C=O) groups excluding carboxylic acids is 1. The highest BCUT2D eigenvalue weighted by Crippen LogP contribution is 2.45. The van der Waals surface area contributed by atoms with Crippen LogP contribution in [0.3, 0.4) is 0 Å². The highest BCUT2D eigenvalue weighted by molar-refractivity contribution is 6.31. The summed E-state index contributed by atoms with van der Waals surface area (Å²) in [6.07, 6.45) is 3.82. The topological polar surface area (TPSA) is 52.6 Å². The van der Waals surface area contributed by atoms with Gasteiger partial charge in [-0.15, -0.1) is 0 Å². The Morgan fingerprint density at radius 1 is 1.48 bits per heavy atom. The summed E-state index contributed by atoms with van der Waals surface area (Å²) in [5.41, 5.74) is 1.13. The minimum Gasteiger partial charge on any atom is -0.393 e. The van der Waals surface area contributed by atoms with Crippen LogP contribution in [0.2, 0.25) is 5.02 Å². The number of carbonyl (C=O) groups is 1. The minimum atomic E-state index is -0.353. The number of urea groups is 1. The maximum absolute atomic E-state index is 12.4. The average molecular weight is 337 g/mol. The summed E-state index contributed by atoms with van der Waals surface area (Å²) in [6.45, 7) is 3.79. The van der Waals surface area contributed by atoms with Crippen molar-refractivity contribution >= 4 is 17.6 Å². The highest BCUT2D eigenvalue weighted by atomic mass is 35.5. The lowest BCUT2D eigenvalue weighted by molar-refractivity contribution is 0.128. The van der Waals surface area contributed by atoms with Gasteiger partial charge in [0.15, 0.2) is 0 Å². The number of rotatable bonds is 4. The highest BCUT2D eigenvalue weighted by Gasteiger charge is 2.40. The summed E-state index contributed by atoms with van der Waals surface area (Å²) >= 11 is 6.37. The van der Waals surface area contributed by atoms with Crippen molar-refractivity contribution in [3.05, 3.63) is 34.9 Å². The fourth-order valence-corrected chi connectivity index (χ4v) is 4.09. The first-order valence-electron chi connectivity index (χ1n) is 8.48. The van der Waals surface area contributed by atoms with E-state index in [4.69, 9.17) is 11.6 Å². The quantitative estimate of drug-likeness (QED) is 0.887. The fraction of sp³-hybridized carbons (Fsp3) is 0.611. The van der Waals surface area contributed by atoms with Crippen LogP contribution in [0.1, 0.15) is 38.2 Å². The van der Waals surface area contributed by atoms with Crippen LogP contribution < -0.4 is 5.32 Å². The largest absolute Gasteiger partial charge is 0.393 e. The van der Waals surface area contributed by atoms with Crippen molar-refractivity contribution in [3.63, 3.8) is 0 Å². The molecule has 0 aromatic heterocycles. The molecule has 0 unspecified atom stereocenters. The molecule has 23 heavy (non-hydrogen) atoms. The number of amides is 2. The summed E-state index contributed by atoms with van der Waals surface area (Å²) in [4.78, 5) is 14.2. The van der Waals surface area contributed by atoms with Gasteiger partial charge in [-0.1, -0.05) is 36.2 Å². The van der Waals surface area contributed by atoms with Crippen molar-refractivity contribution in [3.8, 4) is 0 Å². The van der Waals surface area contributed by atoms with E-state index in [0.29, 0.717) is 13.1 Å². The zero-order chi connectivity index (χ0) is 16.4. The molecule has 2 N–H and O–H groups in total. The number of benzene rings is 1. The van der Waals surface area contributed by atoms with Gasteiger partial charge in [0.25, 0.3) is 0 Å². The van der Waals surface area contributed by atoms with Crippen molar-refractivity contribution in [1.82, 2.24) is 10.2 Å². The van der Waals surface area contributed by atoms with Crippen LogP contribution >= 0.6 is 11.6 Å².